The molecule has 0 bridgehead atoms. The first kappa shape index (κ1) is 20.0. The Bertz CT molecular complexity index is 513. The van der Waals surface area contributed by atoms with Gasteiger partial charge < -0.3 is 19.6 Å². The van der Waals surface area contributed by atoms with Crippen molar-refractivity contribution in [3.05, 3.63) is 29.8 Å². The van der Waals surface area contributed by atoms with E-state index in [2.05, 4.69) is 5.32 Å². The van der Waals surface area contributed by atoms with Crippen molar-refractivity contribution in [2.75, 3.05) is 31.7 Å². The quantitative estimate of drug-likeness (QED) is 0.441. The van der Waals surface area contributed by atoms with Gasteiger partial charge in [-0.3, -0.25) is 9.59 Å². The van der Waals surface area contributed by atoms with E-state index in [9.17, 15) is 14.4 Å². The van der Waals surface area contributed by atoms with E-state index in [0.717, 1.165) is 17.5 Å². The van der Waals surface area contributed by atoms with Gasteiger partial charge in [0.2, 0.25) is 5.91 Å². The largest absolute Gasteiger partial charge is 0.379 e. The highest BCUT2D eigenvalue weighted by Gasteiger charge is 2.03. The first-order valence-electron chi connectivity index (χ1n) is 8.09. The predicted octanol–water partition coefficient (Wildman–Crippen LogP) is 2.16. The number of anilines is 1. The molecule has 0 aliphatic carbocycles. The lowest BCUT2D eigenvalue weighted by Crippen LogP contribution is -2.15. The molecule has 24 heavy (non-hydrogen) atoms. The number of hydrogen-bond donors (Lipinski definition) is 1. The van der Waals surface area contributed by atoms with Gasteiger partial charge in [0, 0.05) is 18.5 Å². The van der Waals surface area contributed by atoms with Gasteiger partial charge in [-0.05, 0) is 31.0 Å². The third kappa shape index (κ3) is 9.86. The number of Topliss-reactive ketones (excluding diaryl/α,β-unsaturated/α-hetero) is 1. The van der Waals surface area contributed by atoms with E-state index in [1.807, 2.05) is 24.3 Å². The highest BCUT2D eigenvalue weighted by Crippen LogP contribution is 2.11. The zero-order chi connectivity index (χ0) is 17.6. The minimum Gasteiger partial charge on any atom is -0.379 e. The topological polar surface area (TPSA) is 81.7 Å². The van der Waals surface area contributed by atoms with Gasteiger partial charge >= 0.3 is 0 Å². The molecule has 1 amide bonds. The average Bonchev–Trinajstić information content (AvgIpc) is 2.56. The number of hydrogen-bond acceptors (Lipinski definition) is 5. The maximum atomic E-state index is 11.8. The van der Waals surface area contributed by atoms with Crippen LogP contribution in [0.2, 0.25) is 0 Å². The predicted molar refractivity (Wildman–Crippen MR) is 91.0 cm³/mol. The van der Waals surface area contributed by atoms with Crippen LogP contribution in [0.1, 0.15) is 31.7 Å². The van der Waals surface area contributed by atoms with Crippen LogP contribution in [0.25, 0.3) is 0 Å². The molecule has 6 nitrogen and oxygen atoms in total. The van der Waals surface area contributed by atoms with Crippen LogP contribution in [0.3, 0.4) is 0 Å². The van der Waals surface area contributed by atoms with Crippen molar-refractivity contribution in [3.63, 3.8) is 0 Å². The summed E-state index contributed by atoms with van der Waals surface area (Å²) in [4.78, 5) is 32.8. The summed E-state index contributed by atoms with van der Waals surface area (Å²) >= 11 is 0. The monoisotopic (exact) mass is 335 g/mol. The van der Waals surface area contributed by atoms with Crippen LogP contribution in [-0.2, 0) is 30.3 Å². The Labute approximate surface area is 142 Å². The van der Waals surface area contributed by atoms with Crippen molar-refractivity contribution in [2.45, 2.75) is 32.6 Å². The number of benzene rings is 1. The summed E-state index contributed by atoms with van der Waals surface area (Å²) in [5, 5.41) is 2.79. The van der Waals surface area contributed by atoms with Crippen molar-refractivity contribution < 1.29 is 23.9 Å². The number of amides is 1. The molecule has 0 unspecified atom stereocenters. The third-order valence-corrected chi connectivity index (χ3v) is 3.23. The first-order valence-corrected chi connectivity index (χ1v) is 8.09. The number of aldehydes is 1. The molecule has 0 atom stereocenters. The number of carbonyl (C=O) groups is 3. The molecule has 1 aromatic rings. The Kier molecular flexibility index (Phi) is 10.3. The fourth-order valence-electron chi connectivity index (χ4n) is 1.91. The zero-order valence-electron chi connectivity index (χ0n) is 14.1. The minimum absolute atomic E-state index is 0.101. The van der Waals surface area contributed by atoms with Gasteiger partial charge in [0.05, 0.1) is 32.8 Å². The normalized spacial score (nSPS) is 10.4. The van der Waals surface area contributed by atoms with Crippen LogP contribution in [0, 0.1) is 0 Å². The van der Waals surface area contributed by atoms with Crippen LogP contribution in [0.15, 0.2) is 24.3 Å². The molecule has 0 saturated carbocycles. The lowest BCUT2D eigenvalue weighted by Gasteiger charge is -2.07. The minimum atomic E-state index is -0.117. The molecule has 1 rings (SSSR count). The summed E-state index contributed by atoms with van der Waals surface area (Å²) in [5.74, 6) is -0.0162. The number of aryl methyl sites for hydroxylation is 1. The molecule has 0 heterocycles. The molecule has 0 aromatic heterocycles. The number of ether oxygens (including phenoxy) is 2. The molecule has 0 radical (unpaired) electrons. The van der Waals surface area contributed by atoms with E-state index in [-0.39, 0.29) is 18.1 Å². The van der Waals surface area contributed by atoms with E-state index < -0.39 is 0 Å². The second-order valence-electron chi connectivity index (χ2n) is 5.38. The zero-order valence-corrected chi connectivity index (χ0v) is 14.1. The molecule has 1 aromatic carbocycles. The smallest absolute Gasteiger partial charge is 0.226 e. The van der Waals surface area contributed by atoms with Crippen LogP contribution in [-0.4, -0.2) is 44.4 Å². The molecule has 1 N–H and O–H groups in total. The summed E-state index contributed by atoms with van der Waals surface area (Å²) in [5.41, 5.74) is 1.79. The summed E-state index contributed by atoms with van der Waals surface area (Å²) in [7, 11) is 0. The van der Waals surface area contributed by atoms with Crippen molar-refractivity contribution in [1.82, 2.24) is 0 Å². The van der Waals surface area contributed by atoms with Crippen molar-refractivity contribution in [1.29, 1.82) is 0 Å². The van der Waals surface area contributed by atoms with E-state index in [1.165, 1.54) is 6.92 Å². The third-order valence-electron chi connectivity index (χ3n) is 3.23. The molecule has 0 saturated heterocycles. The maximum absolute atomic E-state index is 11.8. The van der Waals surface area contributed by atoms with Gasteiger partial charge in [0.15, 0.2) is 0 Å². The molecular formula is C18H25NO5. The Hall–Kier alpha value is -2.05. The van der Waals surface area contributed by atoms with E-state index in [4.69, 9.17) is 9.47 Å². The van der Waals surface area contributed by atoms with Gasteiger partial charge in [-0.25, -0.2) is 0 Å². The molecule has 6 heteroatoms. The van der Waals surface area contributed by atoms with E-state index in [1.54, 1.807) is 0 Å². The first-order chi connectivity index (χ1) is 11.6. The number of carbonyl (C=O) groups excluding carboxylic acids is 3. The van der Waals surface area contributed by atoms with Crippen LogP contribution < -0.4 is 5.32 Å². The highest BCUT2D eigenvalue weighted by molar-refractivity contribution is 5.90. The molecule has 0 fully saturated rings. The van der Waals surface area contributed by atoms with Crippen LogP contribution >= 0.6 is 0 Å². The fraction of sp³-hybridized carbons (Fsp3) is 0.500. The highest BCUT2D eigenvalue weighted by atomic mass is 16.5. The molecule has 0 aliphatic heterocycles. The van der Waals surface area contributed by atoms with Gasteiger partial charge in [0.1, 0.15) is 12.1 Å². The van der Waals surface area contributed by atoms with Gasteiger partial charge in [-0.1, -0.05) is 12.1 Å². The Morgan fingerprint density at radius 1 is 1.00 bits per heavy atom. The Morgan fingerprint density at radius 3 is 2.21 bits per heavy atom. The van der Waals surface area contributed by atoms with Gasteiger partial charge in [-0.15, -0.1) is 0 Å². The maximum Gasteiger partial charge on any atom is 0.226 e. The van der Waals surface area contributed by atoms with Gasteiger partial charge in [0.25, 0.3) is 0 Å². The molecule has 132 valence electrons. The Balaban J connectivity index is 2.09. The van der Waals surface area contributed by atoms with Crippen LogP contribution in [0.4, 0.5) is 5.69 Å². The SMILES string of the molecule is CC(=O)CCOCCOCCC(=O)Nc1ccc(CCC=O)cc1. The van der Waals surface area contributed by atoms with Gasteiger partial charge in [-0.2, -0.15) is 0 Å². The van der Waals surface area contributed by atoms with Crippen LogP contribution in [0.5, 0.6) is 0 Å². The standard InChI is InChI=1S/C18H25NO5/c1-15(21)8-11-23-13-14-24-12-9-18(22)19-17-6-4-16(5-7-17)3-2-10-20/h4-7,10H,2-3,8-9,11-14H2,1H3,(H,19,22). The molecular weight excluding hydrogens is 310 g/mol. The average molecular weight is 335 g/mol. The lowest BCUT2D eigenvalue weighted by atomic mass is 10.1. The fourth-order valence-corrected chi connectivity index (χ4v) is 1.91. The number of rotatable bonds is 13. The molecule has 0 spiro atoms. The number of ketones is 1. The van der Waals surface area contributed by atoms with E-state index >= 15 is 0 Å². The summed E-state index contributed by atoms with van der Waals surface area (Å²) in [6, 6.07) is 7.44. The Morgan fingerprint density at radius 2 is 1.62 bits per heavy atom. The van der Waals surface area contributed by atoms with E-state index in [0.29, 0.717) is 45.7 Å². The lowest BCUT2D eigenvalue weighted by molar-refractivity contribution is -0.119. The molecule has 0 aliphatic rings. The second-order valence-corrected chi connectivity index (χ2v) is 5.38. The second kappa shape index (κ2) is 12.4. The summed E-state index contributed by atoms with van der Waals surface area (Å²) in [6.45, 7) is 3.06. The van der Waals surface area contributed by atoms with Crippen molar-refractivity contribution in [3.8, 4) is 0 Å². The van der Waals surface area contributed by atoms with Crippen molar-refractivity contribution >= 4 is 23.7 Å². The number of nitrogens with one attached hydrogen (secondary N) is 1. The van der Waals surface area contributed by atoms with Crippen molar-refractivity contribution in [2.24, 2.45) is 0 Å². The summed E-state index contributed by atoms with van der Waals surface area (Å²) in [6.07, 6.45) is 2.78. The summed E-state index contributed by atoms with van der Waals surface area (Å²) < 4.78 is 10.5.